The Morgan fingerprint density at radius 3 is 2.71 bits per heavy atom. The van der Waals surface area contributed by atoms with Gasteiger partial charge in [0.1, 0.15) is 10.9 Å². The number of thiocarbonyl (C=S) groups is 1. The molecule has 8 heteroatoms. The van der Waals surface area contributed by atoms with Crippen LogP contribution >= 0.6 is 24.0 Å². The molecule has 2 amide bonds. The van der Waals surface area contributed by atoms with E-state index in [4.69, 9.17) is 17.0 Å². The van der Waals surface area contributed by atoms with Crippen LogP contribution in [-0.4, -0.2) is 58.9 Å². The summed E-state index contributed by atoms with van der Waals surface area (Å²) in [6.07, 6.45) is 1.79. The van der Waals surface area contributed by atoms with Crippen molar-refractivity contribution in [2.45, 2.75) is 0 Å². The van der Waals surface area contributed by atoms with Crippen molar-refractivity contribution in [3.8, 4) is 0 Å². The molecule has 126 valence electrons. The quantitative estimate of drug-likeness (QED) is 0.642. The predicted octanol–water partition coefficient (Wildman–Crippen LogP) is 1.25. The smallest absolute Gasteiger partial charge is 0.266 e. The third-order valence-electron chi connectivity index (χ3n) is 3.57. The lowest BCUT2D eigenvalue weighted by Crippen LogP contribution is -2.51. The van der Waals surface area contributed by atoms with Crippen LogP contribution in [0.25, 0.3) is 6.08 Å². The SMILES string of the molecule is O=C(CN1C(=O)/C(=C/c2ccccc2)SC1=S)NN1CCOCC1. The topological polar surface area (TPSA) is 61.9 Å². The molecule has 0 unspecified atom stereocenters. The first-order valence-electron chi connectivity index (χ1n) is 7.56. The third kappa shape index (κ3) is 4.21. The van der Waals surface area contributed by atoms with Gasteiger partial charge in [-0.25, -0.2) is 5.01 Å². The van der Waals surface area contributed by atoms with Crippen molar-refractivity contribution in [2.24, 2.45) is 0 Å². The number of nitrogens with zero attached hydrogens (tertiary/aromatic N) is 2. The first-order chi connectivity index (χ1) is 11.6. The van der Waals surface area contributed by atoms with E-state index in [0.717, 1.165) is 5.56 Å². The van der Waals surface area contributed by atoms with Crippen molar-refractivity contribution in [3.63, 3.8) is 0 Å². The maximum absolute atomic E-state index is 12.5. The standard InChI is InChI=1S/C16H17N3O3S2/c20-14(17-18-6-8-22-9-7-18)11-19-15(21)13(24-16(19)23)10-12-4-2-1-3-5-12/h1-5,10H,6-9,11H2,(H,17,20)/b13-10-. The van der Waals surface area contributed by atoms with Gasteiger partial charge in [0.15, 0.2) is 0 Å². The average molecular weight is 363 g/mol. The minimum Gasteiger partial charge on any atom is -0.379 e. The summed E-state index contributed by atoms with van der Waals surface area (Å²) in [5.74, 6) is -0.486. The Labute approximate surface area is 149 Å². The molecule has 3 rings (SSSR count). The zero-order valence-corrected chi connectivity index (χ0v) is 14.6. The molecule has 0 radical (unpaired) electrons. The van der Waals surface area contributed by atoms with Crippen LogP contribution in [0.15, 0.2) is 35.2 Å². The van der Waals surface area contributed by atoms with Crippen LogP contribution in [0.2, 0.25) is 0 Å². The van der Waals surface area contributed by atoms with Crippen molar-refractivity contribution in [1.29, 1.82) is 0 Å². The zero-order valence-electron chi connectivity index (χ0n) is 12.9. The average Bonchev–Trinajstić information content (AvgIpc) is 2.84. The number of hydrazine groups is 1. The molecule has 2 fully saturated rings. The van der Waals surface area contributed by atoms with Crippen LogP contribution in [0, 0.1) is 0 Å². The van der Waals surface area contributed by atoms with Gasteiger partial charge in [-0.1, -0.05) is 54.3 Å². The second kappa shape index (κ2) is 7.89. The van der Waals surface area contributed by atoms with Crippen LogP contribution in [0.1, 0.15) is 5.56 Å². The van der Waals surface area contributed by atoms with Gasteiger partial charge in [-0.15, -0.1) is 0 Å². The maximum Gasteiger partial charge on any atom is 0.266 e. The molecule has 0 spiro atoms. The Morgan fingerprint density at radius 2 is 2.00 bits per heavy atom. The number of hydrogen-bond acceptors (Lipinski definition) is 6. The molecule has 1 aromatic carbocycles. The van der Waals surface area contributed by atoms with Gasteiger partial charge in [-0.05, 0) is 11.6 Å². The molecule has 0 aromatic heterocycles. The summed E-state index contributed by atoms with van der Waals surface area (Å²) in [5, 5.41) is 1.79. The van der Waals surface area contributed by atoms with E-state index in [1.54, 1.807) is 11.1 Å². The first kappa shape index (κ1) is 17.1. The Hall–Kier alpha value is -1.74. The molecule has 2 saturated heterocycles. The highest BCUT2D eigenvalue weighted by atomic mass is 32.2. The molecule has 2 aliphatic rings. The zero-order chi connectivity index (χ0) is 16.9. The summed E-state index contributed by atoms with van der Waals surface area (Å²) in [6, 6.07) is 9.55. The Morgan fingerprint density at radius 1 is 1.29 bits per heavy atom. The molecule has 1 aromatic rings. The molecule has 2 heterocycles. The summed E-state index contributed by atoms with van der Waals surface area (Å²) in [5.41, 5.74) is 3.71. The van der Waals surface area contributed by atoms with Gasteiger partial charge in [0.2, 0.25) is 0 Å². The Bertz CT molecular complexity index is 672. The van der Waals surface area contributed by atoms with Crippen molar-refractivity contribution in [2.75, 3.05) is 32.8 Å². The highest BCUT2D eigenvalue weighted by Gasteiger charge is 2.33. The van der Waals surface area contributed by atoms with Crippen LogP contribution in [-0.2, 0) is 14.3 Å². The molecular weight excluding hydrogens is 346 g/mol. The van der Waals surface area contributed by atoms with Gasteiger partial charge >= 0.3 is 0 Å². The maximum atomic E-state index is 12.5. The van der Waals surface area contributed by atoms with E-state index in [1.807, 2.05) is 30.3 Å². The molecule has 24 heavy (non-hydrogen) atoms. The fourth-order valence-corrected chi connectivity index (χ4v) is 3.62. The van der Waals surface area contributed by atoms with Gasteiger partial charge in [0.05, 0.1) is 18.1 Å². The van der Waals surface area contributed by atoms with Gasteiger partial charge in [0.25, 0.3) is 11.8 Å². The van der Waals surface area contributed by atoms with E-state index >= 15 is 0 Å². The highest BCUT2D eigenvalue weighted by Crippen LogP contribution is 2.32. The molecule has 0 saturated carbocycles. The Kier molecular flexibility index (Phi) is 5.62. The lowest BCUT2D eigenvalue weighted by atomic mass is 10.2. The summed E-state index contributed by atoms with van der Waals surface area (Å²) in [7, 11) is 0. The van der Waals surface area contributed by atoms with Crippen molar-refractivity contribution >= 4 is 46.2 Å². The van der Waals surface area contributed by atoms with Crippen molar-refractivity contribution < 1.29 is 14.3 Å². The van der Waals surface area contributed by atoms with Gasteiger partial charge in [0, 0.05) is 13.1 Å². The molecule has 0 bridgehead atoms. The number of rotatable bonds is 4. The summed E-state index contributed by atoms with van der Waals surface area (Å²) < 4.78 is 5.63. The molecular formula is C16H17N3O3S2. The van der Waals surface area contributed by atoms with E-state index in [2.05, 4.69) is 5.43 Å². The summed E-state index contributed by atoms with van der Waals surface area (Å²) in [6.45, 7) is 2.37. The van der Waals surface area contributed by atoms with Gasteiger partial charge in [-0.2, -0.15) is 0 Å². The van der Waals surface area contributed by atoms with E-state index in [9.17, 15) is 9.59 Å². The number of nitrogens with one attached hydrogen (secondary N) is 1. The minimum atomic E-state index is -0.255. The minimum absolute atomic E-state index is 0.0752. The fourth-order valence-electron chi connectivity index (χ4n) is 2.37. The largest absolute Gasteiger partial charge is 0.379 e. The molecule has 6 nitrogen and oxygen atoms in total. The number of ether oxygens (including phenoxy) is 1. The van der Waals surface area contributed by atoms with Crippen LogP contribution in [0.3, 0.4) is 0 Å². The number of hydrogen-bond donors (Lipinski definition) is 1. The number of carbonyl (C=O) groups is 2. The summed E-state index contributed by atoms with van der Waals surface area (Å²) >= 11 is 6.47. The number of amides is 2. The second-order valence-electron chi connectivity index (χ2n) is 5.31. The first-order valence-corrected chi connectivity index (χ1v) is 8.78. The number of benzene rings is 1. The monoisotopic (exact) mass is 363 g/mol. The van der Waals surface area contributed by atoms with E-state index < -0.39 is 0 Å². The molecule has 1 N–H and O–H groups in total. The normalized spacial score (nSPS) is 20.7. The molecule has 0 aliphatic carbocycles. The highest BCUT2D eigenvalue weighted by molar-refractivity contribution is 8.26. The van der Waals surface area contributed by atoms with Crippen LogP contribution in [0.4, 0.5) is 0 Å². The number of carbonyl (C=O) groups excluding carboxylic acids is 2. The van der Waals surface area contributed by atoms with Crippen molar-refractivity contribution in [3.05, 3.63) is 40.8 Å². The second-order valence-corrected chi connectivity index (χ2v) is 6.99. The van der Waals surface area contributed by atoms with Crippen LogP contribution in [0.5, 0.6) is 0 Å². The van der Waals surface area contributed by atoms with Gasteiger partial charge in [-0.3, -0.25) is 19.9 Å². The lowest BCUT2D eigenvalue weighted by Gasteiger charge is -2.27. The molecule has 2 aliphatic heterocycles. The van der Waals surface area contributed by atoms with Crippen LogP contribution < -0.4 is 5.43 Å². The van der Waals surface area contributed by atoms with E-state index in [0.29, 0.717) is 35.5 Å². The number of morpholine rings is 1. The predicted molar refractivity (Wildman–Crippen MR) is 96.9 cm³/mol. The van der Waals surface area contributed by atoms with E-state index in [1.165, 1.54) is 16.7 Å². The summed E-state index contributed by atoms with van der Waals surface area (Å²) in [4.78, 5) is 26.5. The lowest BCUT2D eigenvalue weighted by molar-refractivity contribution is -0.132. The van der Waals surface area contributed by atoms with E-state index in [-0.39, 0.29) is 18.4 Å². The van der Waals surface area contributed by atoms with Gasteiger partial charge < -0.3 is 4.74 Å². The number of thioether (sulfide) groups is 1. The van der Waals surface area contributed by atoms with Crippen molar-refractivity contribution in [1.82, 2.24) is 15.3 Å². The Balaban J connectivity index is 1.61. The molecule has 0 atom stereocenters. The third-order valence-corrected chi connectivity index (χ3v) is 4.94. The fraction of sp³-hybridized carbons (Fsp3) is 0.312.